The van der Waals surface area contributed by atoms with Crippen molar-refractivity contribution >= 4 is 17.9 Å². The lowest BCUT2D eigenvalue weighted by Gasteiger charge is -2.20. The maximum Gasteiger partial charge on any atom is 0.330 e. The van der Waals surface area contributed by atoms with Crippen molar-refractivity contribution in [2.45, 2.75) is 12.8 Å². The van der Waals surface area contributed by atoms with E-state index in [1.54, 1.807) is 0 Å². The second-order valence-corrected chi connectivity index (χ2v) is 8.80. The summed E-state index contributed by atoms with van der Waals surface area (Å²) in [5, 5.41) is 16.8. The molecule has 226 valence electrons. The minimum absolute atomic E-state index is 0.0225. The number of hydrogen-bond acceptors (Lipinski definition) is 13. The molecule has 0 aliphatic heterocycles. The van der Waals surface area contributed by atoms with E-state index in [0.29, 0.717) is 59.1 Å². The van der Waals surface area contributed by atoms with Crippen LogP contribution in [0.5, 0.6) is 0 Å². The van der Waals surface area contributed by atoms with Gasteiger partial charge in [-0.25, -0.2) is 4.79 Å². The van der Waals surface area contributed by atoms with Gasteiger partial charge in [0.2, 0.25) is 0 Å². The number of carbonyl (C=O) groups is 3. The third-order valence-corrected chi connectivity index (χ3v) is 4.36. The fourth-order valence-corrected chi connectivity index (χ4v) is 2.19. The molecular formula is C25H53N5O8. The predicted molar refractivity (Wildman–Crippen MR) is 148 cm³/mol. The van der Waals surface area contributed by atoms with Gasteiger partial charge >= 0.3 is 17.9 Å². The highest BCUT2D eigenvalue weighted by Gasteiger charge is 2.12. The number of aliphatic hydroxyl groups is 2. The average Bonchev–Trinajstić information content (AvgIpc) is 2.85. The van der Waals surface area contributed by atoms with E-state index in [1.807, 2.05) is 61.9 Å². The Balaban J connectivity index is -0.000000718. The van der Waals surface area contributed by atoms with E-state index in [0.717, 1.165) is 12.6 Å². The number of nitrogens with two attached hydrogens (primary N) is 1. The van der Waals surface area contributed by atoms with Crippen LogP contribution in [0.1, 0.15) is 12.8 Å². The van der Waals surface area contributed by atoms with Crippen LogP contribution in [0.3, 0.4) is 0 Å². The normalized spacial score (nSPS) is 10.4. The monoisotopic (exact) mass is 551 g/mol. The lowest BCUT2D eigenvalue weighted by Crippen LogP contribution is -2.32. The van der Waals surface area contributed by atoms with Crippen molar-refractivity contribution in [2.24, 2.45) is 5.73 Å². The molecule has 4 N–H and O–H groups in total. The van der Waals surface area contributed by atoms with Gasteiger partial charge in [-0.2, -0.15) is 0 Å². The van der Waals surface area contributed by atoms with Crippen LogP contribution in [0, 0.1) is 0 Å². The zero-order chi connectivity index (χ0) is 29.8. The standard InChI is InChI=1S/C16H33N3O5.C7H13NO2.C2H7NO/c1-17(2)10-13-23-15(21)5-7-19(9-12-20)8-6-16(22)24-14-11-18(3)4;1-4-7(9)10-6-5-8(2)3;3-1-2-4/h20H,5-14H2,1-4H3;4H,1,5-6H2,2-3H3;4H,1-3H2. The van der Waals surface area contributed by atoms with Gasteiger partial charge in [0.25, 0.3) is 0 Å². The molecule has 0 saturated carbocycles. The summed E-state index contributed by atoms with van der Waals surface area (Å²) in [6.07, 6.45) is 1.64. The van der Waals surface area contributed by atoms with Gasteiger partial charge in [-0.15, -0.1) is 0 Å². The van der Waals surface area contributed by atoms with Gasteiger partial charge in [0.1, 0.15) is 19.8 Å². The SMILES string of the molecule is C=CC(=O)OCCN(C)C.CN(C)CCOC(=O)CCN(CCO)CCC(=O)OCCN(C)C.NCCO. The molecule has 0 heterocycles. The molecule has 0 aliphatic rings. The van der Waals surface area contributed by atoms with Crippen molar-refractivity contribution in [3.05, 3.63) is 12.7 Å². The molecule has 0 saturated heterocycles. The van der Waals surface area contributed by atoms with Crippen LogP contribution in [0.2, 0.25) is 0 Å². The number of rotatable bonds is 19. The van der Waals surface area contributed by atoms with Gasteiger partial charge in [-0.3, -0.25) is 14.5 Å². The van der Waals surface area contributed by atoms with Gasteiger partial charge in [-0.05, 0) is 42.3 Å². The third kappa shape index (κ3) is 36.0. The predicted octanol–water partition coefficient (Wildman–Crippen LogP) is -1.51. The van der Waals surface area contributed by atoms with Crippen LogP contribution in [0.4, 0.5) is 0 Å². The van der Waals surface area contributed by atoms with Gasteiger partial charge < -0.3 is 44.9 Å². The fraction of sp³-hybridized carbons (Fsp3) is 0.800. The number of likely N-dealkylation sites (N-methyl/N-ethyl adjacent to an activating group) is 3. The van der Waals surface area contributed by atoms with Crippen molar-refractivity contribution in [1.29, 1.82) is 0 Å². The van der Waals surface area contributed by atoms with Gasteiger partial charge in [-0.1, -0.05) is 6.58 Å². The Kier molecular flexibility index (Phi) is 31.3. The van der Waals surface area contributed by atoms with E-state index in [4.69, 9.17) is 30.2 Å². The van der Waals surface area contributed by atoms with Crippen molar-refractivity contribution in [3.8, 4) is 0 Å². The summed E-state index contributed by atoms with van der Waals surface area (Å²) in [7, 11) is 11.5. The molecule has 0 fully saturated rings. The molecule has 13 heteroatoms. The lowest BCUT2D eigenvalue weighted by molar-refractivity contribution is -0.144. The van der Waals surface area contributed by atoms with Crippen LogP contribution in [0.15, 0.2) is 12.7 Å². The zero-order valence-electron chi connectivity index (χ0n) is 24.4. The third-order valence-electron chi connectivity index (χ3n) is 4.36. The first-order valence-electron chi connectivity index (χ1n) is 12.6. The van der Waals surface area contributed by atoms with E-state index in [2.05, 4.69) is 6.58 Å². The summed E-state index contributed by atoms with van der Waals surface area (Å²) in [5.74, 6) is -0.899. The summed E-state index contributed by atoms with van der Waals surface area (Å²) in [6.45, 7) is 8.31. The second-order valence-electron chi connectivity index (χ2n) is 8.80. The van der Waals surface area contributed by atoms with Gasteiger partial charge in [0, 0.05) is 51.9 Å². The molecule has 0 unspecified atom stereocenters. The molecule has 0 amide bonds. The molecule has 0 aromatic heterocycles. The topological polar surface area (TPSA) is 158 Å². The molecular weight excluding hydrogens is 498 g/mol. The van der Waals surface area contributed by atoms with Crippen LogP contribution >= 0.6 is 0 Å². The Hall–Kier alpha value is -2.13. The first-order chi connectivity index (χ1) is 17.9. The van der Waals surface area contributed by atoms with Crippen molar-refractivity contribution in [3.63, 3.8) is 0 Å². The number of ether oxygens (including phenoxy) is 3. The number of aliphatic hydroxyl groups excluding tert-OH is 2. The Bertz CT molecular complexity index is 560. The highest BCUT2D eigenvalue weighted by Crippen LogP contribution is 1.98. The van der Waals surface area contributed by atoms with Gasteiger partial charge in [0.15, 0.2) is 0 Å². The highest BCUT2D eigenvalue weighted by atomic mass is 16.5. The van der Waals surface area contributed by atoms with Crippen molar-refractivity contribution in [1.82, 2.24) is 19.6 Å². The Morgan fingerprint density at radius 2 is 1.05 bits per heavy atom. The summed E-state index contributed by atoms with van der Waals surface area (Å²) < 4.78 is 14.9. The van der Waals surface area contributed by atoms with E-state index in [-0.39, 0.29) is 44.0 Å². The highest BCUT2D eigenvalue weighted by molar-refractivity contribution is 5.81. The molecule has 38 heavy (non-hydrogen) atoms. The van der Waals surface area contributed by atoms with Crippen LogP contribution in [0.25, 0.3) is 0 Å². The molecule has 0 aromatic carbocycles. The Labute approximate surface area is 229 Å². The number of hydrogen-bond donors (Lipinski definition) is 3. The second kappa shape index (κ2) is 29.4. The fourth-order valence-electron chi connectivity index (χ4n) is 2.19. The minimum Gasteiger partial charge on any atom is -0.464 e. The number of carbonyl (C=O) groups excluding carboxylic acids is 3. The van der Waals surface area contributed by atoms with Crippen LogP contribution < -0.4 is 5.73 Å². The quantitative estimate of drug-likeness (QED) is 0.0967. The minimum atomic E-state index is -0.359. The molecule has 13 nitrogen and oxygen atoms in total. The summed E-state index contributed by atoms with van der Waals surface area (Å²) in [5.41, 5.74) is 4.78. The number of nitrogens with zero attached hydrogens (tertiary/aromatic N) is 4. The molecule has 0 spiro atoms. The summed E-state index contributed by atoms with van der Waals surface area (Å²) in [4.78, 5) is 41.4. The zero-order valence-corrected chi connectivity index (χ0v) is 24.4. The first kappa shape index (κ1) is 40.4. The largest absolute Gasteiger partial charge is 0.464 e. The lowest BCUT2D eigenvalue weighted by atomic mass is 10.3. The van der Waals surface area contributed by atoms with Crippen LogP contribution in [-0.2, 0) is 28.6 Å². The first-order valence-corrected chi connectivity index (χ1v) is 12.6. The smallest absolute Gasteiger partial charge is 0.330 e. The molecule has 0 bridgehead atoms. The molecule has 0 rings (SSSR count). The van der Waals surface area contributed by atoms with E-state index in [9.17, 15) is 14.4 Å². The molecule has 0 aliphatic carbocycles. The maximum absolute atomic E-state index is 11.7. The molecule has 0 radical (unpaired) electrons. The van der Waals surface area contributed by atoms with Gasteiger partial charge in [0.05, 0.1) is 26.1 Å². The summed E-state index contributed by atoms with van der Waals surface area (Å²) >= 11 is 0. The Morgan fingerprint density at radius 3 is 1.34 bits per heavy atom. The van der Waals surface area contributed by atoms with Crippen LogP contribution in [-0.4, -0.2) is 169 Å². The summed E-state index contributed by atoms with van der Waals surface area (Å²) in [6, 6.07) is 0. The van der Waals surface area contributed by atoms with Crippen molar-refractivity contribution in [2.75, 3.05) is 121 Å². The Morgan fingerprint density at radius 1 is 0.684 bits per heavy atom. The van der Waals surface area contributed by atoms with E-state index in [1.165, 1.54) is 0 Å². The average molecular weight is 552 g/mol. The number of esters is 3. The molecule has 0 aromatic rings. The maximum atomic E-state index is 11.7. The van der Waals surface area contributed by atoms with Crippen molar-refractivity contribution < 1.29 is 38.8 Å². The molecule has 0 atom stereocenters. The van der Waals surface area contributed by atoms with E-state index < -0.39 is 0 Å². The van der Waals surface area contributed by atoms with E-state index >= 15 is 0 Å².